The summed E-state index contributed by atoms with van der Waals surface area (Å²) in [6.45, 7) is 4.23. The Morgan fingerprint density at radius 3 is 2.48 bits per heavy atom. The van der Waals surface area contributed by atoms with Crippen LogP contribution in [0.5, 0.6) is 0 Å². The molecule has 5 nitrogen and oxygen atoms in total. The molecule has 9 heteroatoms. The second-order valence-corrected chi connectivity index (χ2v) is 7.65. The molecule has 122 valence electrons. The van der Waals surface area contributed by atoms with Gasteiger partial charge in [0.2, 0.25) is 0 Å². The van der Waals surface area contributed by atoms with Gasteiger partial charge in [-0.05, 0) is 12.5 Å². The maximum atomic E-state index is 13.1. The van der Waals surface area contributed by atoms with Crippen molar-refractivity contribution in [2.75, 3.05) is 18.6 Å². The van der Waals surface area contributed by atoms with E-state index in [1.54, 1.807) is 0 Å². The fourth-order valence-corrected chi connectivity index (χ4v) is 2.30. The van der Waals surface area contributed by atoms with Gasteiger partial charge in [0.05, 0.1) is 18.5 Å². The van der Waals surface area contributed by atoms with Crippen molar-refractivity contribution in [2.24, 2.45) is 5.92 Å². The van der Waals surface area contributed by atoms with Crippen molar-refractivity contribution in [3.8, 4) is 0 Å². The van der Waals surface area contributed by atoms with Gasteiger partial charge in [-0.15, -0.1) is 0 Å². The predicted octanol–water partition coefficient (Wildman–Crippen LogP) is 1.69. The smallest absolute Gasteiger partial charge is 0.312 e. The second kappa shape index (κ2) is 6.78. The lowest BCUT2D eigenvalue weighted by Crippen LogP contribution is -2.23. The molecule has 0 aliphatic heterocycles. The number of hydrogen-bond acceptors (Lipinski definition) is 4. The van der Waals surface area contributed by atoms with Crippen molar-refractivity contribution >= 4 is 9.84 Å². The Kier molecular flexibility index (Phi) is 5.80. The highest BCUT2D eigenvalue weighted by Gasteiger charge is 2.38. The van der Waals surface area contributed by atoms with Gasteiger partial charge in [-0.1, -0.05) is 13.8 Å². The van der Waals surface area contributed by atoms with E-state index < -0.39 is 21.7 Å². The third-order valence-electron chi connectivity index (χ3n) is 2.73. The Morgan fingerprint density at radius 1 is 1.38 bits per heavy atom. The van der Waals surface area contributed by atoms with Crippen molar-refractivity contribution in [1.29, 1.82) is 0 Å². The molecule has 0 bridgehead atoms. The summed E-state index contributed by atoms with van der Waals surface area (Å²) < 4.78 is 62.2. The molecular formula is C12H20F3N3O2S. The van der Waals surface area contributed by atoms with Gasteiger partial charge < -0.3 is 5.32 Å². The molecular weight excluding hydrogens is 307 g/mol. The summed E-state index contributed by atoms with van der Waals surface area (Å²) in [5.41, 5.74) is -0.862. The molecule has 0 aromatic carbocycles. The molecule has 1 heterocycles. The van der Waals surface area contributed by atoms with E-state index in [2.05, 4.69) is 10.4 Å². The van der Waals surface area contributed by atoms with E-state index in [9.17, 15) is 21.6 Å². The first-order valence-corrected chi connectivity index (χ1v) is 8.57. The molecule has 0 aliphatic carbocycles. The quantitative estimate of drug-likeness (QED) is 0.828. The maximum absolute atomic E-state index is 13.1. The molecule has 1 aromatic heterocycles. The van der Waals surface area contributed by atoms with Crippen LogP contribution in [0.2, 0.25) is 0 Å². The van der Waals surface area contributed by atoms with E-state index in [1.165, 1.54) is 0 Å². The number of alkyl halides is 3. The number of nitrogens with zero attached hydrogens (tertiary/aromatic N) is 2. The average Bonchev–Trinajstić information content (AvgIpc) is 2.67. The molecule has 0 fully saturated rings. The van der Waals surface area contributed by atoms with Crippen LogP contribution in [0.15, 0.2) is 6.20 Å². The zero-order chi connectivity index (χ0) is 16.3. The number of halogens is 3. The Labute approximate surface area is 122 Å². The minimum Gasteiger partial charge on any atom is -0.312 e. The van der Waals surface area contributed by atoms with Crippen LogP contribution in [-0.4, -0.2) is 36.8 Å². The lowest BCUT2D eigenvalue weighted by molar-refractivity contribution is -0.144. The molecule has 0 atom stereocenters. The lowest BCUT2D eigenvalue weighted by Gasteiger charge is -2.13. The largest absolute Gasteiger partial charge is 0.433 e. The van der Waals surface area contributed by atoms with Gasteiger partial charge in [-0.3, -0.25) is 4.68 Å². The average molecular weight is 327 g/mol. The van der Waals surface area contributed by atoms with Crippen LogP contribution in [0.4, 0.5) is 13.2 Å². The molecule has 0 amide bonds. The van der Waals surface area contributed by atoms with Gasteiger partial charge in [0.25, 0.3) is 0 Å². The highest BCUT2D eigenvalue weighted by molar-refractivity contribution is 7.90. The van der Waals surface area contributed by atoms with Crippen molar-refractivity contribution in [1.82, 2.24) is 15.1 Å². The summed E-state index contributed by atoms with van der Waals surface area (Å²) in [4.78, 5) is 0. The summed E-state index contributed by atoms with van der Waals surface area (Å²) in [5.74, 6) is -0.0593. The van der Waals surface area contributed by atoms with E-state index in [-0.39, 0.29) is 24.4 Å². The molecule has 0 radical (unpaired) electrons. The van der Waals surface area contributed by atoms with Gasteiger partial charge >= 0.3 is 6.18 Å². The summed E-state index contributed by atoms with van der Waals surface area (Å²) in [5, 5.41) is 6.60. The van der Waals surface area contributed by atoms with E-state index in [4.69, 9.17) is 0 Å². The predicted molar refractivity (Wildman–Crippen MR) is 73.5 cm³/mol. The molecule has 0 saturated heterocycles. The topological polar surface area (TPSA) is 64.0 Å². The zero-order valence-corrected chi connectivity index (χ0v) is 13.1. The standard InChI is InChI=1S/C12H20F3N3O2S/c1-9(2)6-16-7-10-8-17-18(4-5-21(3,19)20)11(10)12(13,14)15/h8-9,16H,4-7H2,1-3H3. The number of aryl methyl sites for hydroxylation is 1. The fourth-order valence-electron chi connectivity index (χ4n) is 1.80. The van der Waals surface area contributed by atoms with Crippen LogP contribution in [0.1, 0.15) is 25.1 Å². The van der Waals surface area contributed by atoms with Crippen molar-refractivity contribution < 1.29 is 21.6 Å². The first-order valence-electron chi connectivity index (χ1n) is 6.51. The monoisotopic (exact) mass is 327 g/mol. The summed E-state index contributed by atoms with van der Waals surface area (Å²) in [6.07, 6.45) is -2.45. The Balaban J connectivity index is 2.92. The van der Waals surface area contributed by atoms with Gasteiger partial charge in [0.15, 0.2) is 0 Å². The van der Waals surface area contributed by atoms with Crippen LogP contribution < -0.4 is 5.32 Å². The van der Waals surface area contributed by atoms with Crippen molar-refractivity contribution in [3.63, 3.8) is 0 Å². The molecule has 1 N–H and O–H groups in total. The van der Waals surface area contributed by atoms with Gasteiger partial charge in [-0.2, -0.15) is 18.3 Å². The zero-order valence-electron chi connectivity index (χ0n) is 12.2. The van der Waals surface area contributed by atoms with Crippen LogP contribution in [0, 0.1) is 5.92 Å². The number of sulfone groups is 1. The molecule has 1 aromatic rings. The van der Waals surface area contributed by atoms with Crippen molar-refractivity contribution in [3.05, 3.63) is 17.5 Å². The van der Waals surface area contributed by atoms with Gasteiger partial charge in [0.1, 0.15) is 15.5 Å². The summed E-state index contributed by atoms with van der Waals surface area (Å²) >= 11 is 0. The normalized spacial score (nSPS) is 13.1. The van der Waals surface area contributed by atoms with E-state index in [0.717, 1.165) is 12.5 Å². The van der Waals surface area contributed by atoms with Crippen LogP contribution in [0.25, 0.3) is 0 Å². The maximum Gasteiger partial charge on any atom is 0.433 e. The van der Waals surface area contributed by atoms with Gasteiger partial charge in [0, 0.05) is 18.4 Å². The first kappa shape index (κ1) is 18.0. The molecule has 21 heavy (non-hydrogen) atoms. The number of rotatable bonds is 7. The third kappa shape index (κ3) is 6.04. The molecule has 0 aliphatic rings. The Hall–Kier alpha value is -1.09. The van der Waals surface area contributed by atoms with E-state index in [0.29, 0.717) is 17.1 Å². The Bertz CT molecular complexity index is 565. The van der Waals surface area contributed by atoms with Crippen LogP contribution in [0.3, 0.4) is 0 Å². The van der Waals surface area contributed by atoms with E-state index >= 15 is 0 Å². The molecule has 0 saturated carbocycles. The van der Waals surface area contributed by atoms with Crippen LogP contribution >= 0.6 is 0 Å². The lowest BCUT2D eigenvalue weighted by atomic mass is 10.2. The molecule has 1 rings (SSSR count). The summed E-state index contributed by atoms with van der Waals surface area (Å²) in [6, 6.07) is 0. The van der Waals surface area contributed by atoms with Gasteiger partial charge in [-0.25, -0.2) is 8.42 Å². The highest BCUT2D eigenvalue weighted by atomic mass is 32.2. The fraction of sp³-hybridized carbons (Fsp3) is 0.750. The van der Waals surface area contributed by atoms with Crippen LogP contribution in [-0.2, 0) is 29.1 Å². The summed E-state index contributed by atoms with van der Waals surface area (Å²) in [7, 11) is -3.35. The third-order valence-corrected chi connectivity index (χ3v) is 3.65. The highest BCUT2D eigenvalue weighted by Crippen LogP contribution is 2.32. The minimum absolute atomic E-state index is 0.0247. The second-order valence-electron chi connectivity index (χ2n) is 5.39. The van der Waals surface area contributed by atoms with E-state index in [1.807, 2.05) is 13.8 Å². The van der Waals surface area contributed by atoms with Crippen molar-refractivity contribution in [2.45, 2.75) is 33.1 Å². The minimum atomic E-state index is -4.57. The molecule has 0 unspecified atom stereocenters. The SMILES string of the molecule is CC(C)CNCc1cnn(CCS(C)(=O)=O)c1C(F)(F)F. The number of aromatic nitrogens is 2. The Morgan fingerprint density at radius 2 is 2.00 bits per heavy atom. The number of hydrogen-bond donors (Lipinski definition) is 1. The first-order chi connectivity index (χ1) is 9.50. The molecule has 0 spiro atoms. The number of nitrogens with one attached hydrogen (secondary N) is 1.